The van der Waals surface area contributed by atoms with Gasteiger partial charge in [-0.05, 0) is 54.6 Å². The van der Waals surface area contributed by atoms with E-state index in [0.29, 0.717) is 26.5 Å². The zero-order valence-electron chi connectivity index (χ0n) is 15.5. The second kappa shape index (κ2) is 6.81. The van der Waals surface area contributed by atoms with Crippen molar-refractivity contribution in [3.8, 4) is 22.0 Å². The molecule has 0 aliphatic heterocycles. The summed E-state index contributed by atoms with van der Waals surface area (Å²) in [5.41, 5.74) is 3.05. The molecule has 0 bridgehead atoms. The normalized spacial score (nSPS) is 12.0. The van der Waals surface area contributed by atoms with Gasteiger partial charge in [0.25, 0.3) is 0 Å². The van der Waals surface area contributed by atoms with E-state index in [-0.39, 0.29) is 0 Å². The first-order valence-corrected chi connectivity index (χ1v) is 9.72. The Labute approximate surface area is 172 Å². The van der Waals surface area contributed by atoms with Gasteiger partial charge in [-0.2, -0.15) is 13.2 Å². The van der Waals surface area contributed by atoms with E-state index in [9.17, 15) is 13.2 Å². The van der Waals surface area contributed by atoms with Crippen LogP contribution in [0.5, 0.6) is 5.75 Å². The van der Waals surface area contributed by atoms with E-state index < -0.39 is 11.7 Å². The number of rotatable bonds is 3. The second-order valence-corrected chi connectivity index (χ2v) is 7.63. The van der Waals surface area contributed by atoms with Gasteiger partial charge in [0.2, 0.25) is 0 Å². The molecule has 150 valence electrons. The molecule has 0 saturated carbocycles. The fourth-order valence-corrected chi connectivity index (χ4v) is 4.20. The molecule has 5 aromatic rings. The first-order chi connectivity index (χ1) is 14.4. The molecule has 0 saturated heterocycles. The summed E-state index contributed by atoms with van der Waals surface area (Å²) in [4.78, 5) is 4.47. The van der Waals surface area contributed by atoms with E-state index >= 15 is 0 Å². The van der Waals surface area contributed by atoms with Crippen molar-refractivity contribution in [1.29, 1.82) is 0 Å². The molecule has 2 heterocycles. The predicted molar refractivity (Wildman–Crippen MR) is 109 cm³/mol. The van der Waals surface area contributed by atoms with Crippen molar-refractivity contribution in [3.05, 3.63) is 66.2 Å². The number of nitrogens with zero attached hydrogens (tertiary/aromatic N) is 4. The van der Waals surface area contributed by atoms with Crippen LogP contribution in [0.3, 0.4) is 0 Å². The minimum atomic E-state index is -4.37. The summed E-state index contributed by atoms with van der Waals surface area (Å²) >= 11 is 1.23. The highest BCUT2D eigenvalue weighted by Gasteiger charge is 2.30. The predicted octanol–water partition coefficient (Wildman–Crippen LogP) is 5.72. The quantitative estimate of drug-likeness (QED) is 0.370. The minimum Gasteiger partial charge on any atom is -0.497 e. The molecule has 0 amide bonds. The number of benzene rings is 3. The minimum absolute atomic E-state index is 0.500. The molecule has 5 rings (SSSR count). The zero-order valence-corrected chi connectivity index (χ0v) is 16.3. The fraction of sp³-hybridized carbons (Fsp3) is 0.0952. The Bertz CT molecular complexity index is 1370. The summed E-state index contributed by atoms with van der Waals surface area (Å²) in [5.74, 6) is 0.703. The largest absolute Gasteiger partial charge is 0.497 e. The maximum atomic E-state index is 12.9. The number of aromatic nitrogens is 4. The number of fused-ring (bicyclic) bond motifs is 2. The molecule has 0 fully saturated rings. The highest BCUT2D eigenvalue weighted by atomic mass is 32.1. The van der Waals surface area contributed by atoms with Gasteiger partial charge < -0.3 is 4.74 Å². The van der Waals surface area contributed by atoms with Crippen molar-refractivity contribution in [2.75, 3.05) is 7.11 Å². The van der Waals surface area contributed by atoms with Gasteiger partial charge in [0.05, 0.1) is 34.1 Å². The topological polar surface area (TPSA) is 52.8 Å². The third-order valence-electron chi connectivity index (χ3n) is 4.73. The van der Waals surface area contributed by atoms with E-state index in [1.165, 1.54) is 17.4 Å². The van der Waals surface area contributed by atoms with E-state index in [1.54, 1.807) is 11.8 Å². The molecule has 0 aliphatic rings. The Morgan fingerprint density at radius 2 is 1.73 bits per heavy atom. The number of hydrogen-bond acceptors (Lipinski definition) is 5. The molecule has 30 heavy (non-hydrogen) atoms. The molecule has 9 heteroatoms. The van der Waals surface area contributed by atoms with E-state index in [2.05, 4.69) is 15.3 Å². The van der Waals surface area contributed by atoms with Crippen LogP contribution in [-0.2, 0) is 6.18 Å². The highest BCUT2D eigenvalue weighted by molar-refractivity contribution is 7.21. The summed E-state index contributed by atoms with van der Waals surface area (Å²) < 4.78 is 46.2. The number of ether oxygens (including phenoxy) is 1. The molecule has 0 N–H and O–H groups in total. The summed E-state index contributed by atoms with van der Waals surface area (Å²) in [6, 6.07) is 16.6. The lowest BCUT2D eigenvalue weighted by atomic mass is 10.2. The lowest BCUT2D eigenvalue weighted by molar-refractivity contribution is -0.137. The van der Waals surface area contributed by atoms with Gasteiger partial charge >= 0.3 is 6.18 Å². The molecule has 0 spiro atoms. The van der Waals surface area contributed by atoms with Crippen LogP contribution in [0.4, 0.5) is 13.2 Å². The Morgan fingerprint density at radius 3 is 2.47 bits per heavy atom. The summed E-state index contributed by atoms with van der Waals surface area (Å²) in [6.45, 7) is 0. The Kier molecular flexibility index (Phi) is 4.21. The van der Waals surface area contributed by atoms with Crippen LogP contribution in [0.15, 0.2) is 60.7 Å². The molecule has 0 radical (unpaired) electrons. The van der Waals surface area contributed by atoms with Crippen molar-refractivity contribution >= 4 is 32.6 Å². The average Bonchev–Trinajstić information content (AvgIpc) is 3.36. The SMILES string of the molecule is COc1ccc2c(c1)nnn2-c1ccc(-c2nc3ccc(C(F)(F)F)cc3s2)cc1. The Morgan fingerprint density at radius 1 is 0.933 bits per heavy atom. The first kappa shape index (κ1) is 18.6. The Balaban J connectivity index is 1.49. The van der Waals surface area contributed by atoms with Crippen molar-refractivity contribution in [3.63, 3.8) is 0 Å². The smallest absolute Gasteiger partial charge is 0.416 e. The van der Waals surface area contributed by atoms with Crippen LogP contribution in [0.2, 0.25) is 0 Å². The number of thiazole rings is 1. The van der Waals surface area contributed by atoms with E-state index in [1.807, 2.05) is 42.5 Å². The molecular weight excluding hydrogens is 413 g/mol. The number of halogens is 3. The Hall–Kier alpha value is -3.46. The summed E-state index contributed by atoms with van der Waals surface area (Å²) in [7, 11) is 1.59. The van der Waals surface area contributed by atoms with Crippen LogP contribution in [-0.4, -0.2) is 27.1 Å². The molecule has 2 aromatic heterocycles. The average molecular weight is 426 g/mol. The van der Waals surface area contributed by atoms with Crippen molar-refractivity contribution in [2.24, 2.45) is 0 Å². The first-order valence-electron chi connectivity index (χ1n) is 8.90. The lowest BCUT2D eigenvalue weighted by Gasteiger charge is -2.04. The van der Waals surface area contributed by atoms with Gasteiger partial charge in [-0.15, -0.1) is 16.4 Å². The number of alkyl halides is 3. The molecule has 3 aromatic carbocycles. The van der Waals surface area contributed by atoms with Gasteiger partial charge in [0.15, 0.2) is 0 Å². The van der Waals surface area contributed by atoms with Gasteiger partial charge in [-0.25, -0.2) is 9.67 Å². The van der Waals surface area contributed by atoms with Crippen LogP contribution in [0, 0.1) is 0 Å². The van der Waals surface area contributed by atoms with Crippen molar-refractivity contribution in [1.82, 2.24) is 20.0 Å². The molecule has 0 aliphatic carbocycles. The van der Waals surface area contributed by atoms with Crippen molar-refractivity contribution < 1.29 is 17.9 Å². The van der Waals surface area contributed by atoms with Crippen LogP contribution in [0.1, 0.15) is 5.56 Å². The highest BCUT2D eigenvalue weighted by Crippen LogP contribution is 2.36. The third kappa shape index (κ3) is 3.17. The molecule has 5 nitrogen and oxygen atoms in total. The van der Waals surface area contributed by atoms with E-state index in [0.717, 1.165) is 28.9 Å². The third-order valence-corrected chi connectivity index (χ3v) is 5.79. The maximum absolute atomic E-state index is 12.9. The summed E-state index contributed by atoms with van der Waals surface area (Å²) in [5, 5.41) is 9.03. The van der Waals surface area contributed by atoms with Gasteiger partial charge in [0.1, 0.15) is 16.3 Å². The maximum Gasteiger partial charge on any atom is 0.416 e. The zero-order chi connectivity index (χ0) is 20.9. The van der Waals surface area contributed by atoms with Gasteiger partial charge in [-0.1, -0.05) is 5.21 Å². The summed E-state index contributed by atoms with van der Waals surface area (Å²) in [6.07, 6.45) is -4.37. The van der Waals surface area contributed by atoms with E-state index in [4.69, 9.17) is 4.74 Å². The monoisotopic (exact) mass is 426 g/mol. The van der Waals surface area contributed by atoms with Gasteiger partial charge in [-0.3, -0.25) is 0 Å². The fourth-order valence-electron chi connectivity index (χ4n) is 3.19. The lowest BCUT2D eigenvalue weighted by Crippen LogP contribution is -2.03. The van der Waals surface area contributed by atoms with Crippen LogP contribution < -0.4 is 4.74 Å². The number of methoxy groups -OCH3 is 1. The van der Waals surface area contributed by atoms with Crippen LogP contribution >= 0.6 is 11.3 Å². The second-order valence-electron chi connectivity index (χ2n) is 6.60. The van der Waals surface area contributed by atoms with Gasteiger partial charge in [0, 0.05) is 11.6 Å². The van der Waals surface area contributed by atoms with Crippen LogP contribution in [0.25, 0.3) is 37.5 Å². The van der Waals surface area contributed by atoms with Crippen molar-refractivity contribution in [2.45, 2.75) is 6.18 Å². The standard InChI is InChI=1S/C21H13F3N4OS/c1-29-15-7-9-18-17(11-15)26-27-28(18)14-5-2-12(3-6-14)20-25-16-8-4-13(21(22,23)24)10-19(16)30-20/h2-11H,1H3. The molecule has 0 unspecified atom stereocenters. The molecule has 0 atom stereocenters. The number of hydrogen-bond donors (Lipinski definition) is 0. The molecular formula is C21H13F3N4OS.